The van der Waals surface area contributed by atoms with Crippen LogP contribution in [0.1, 0.15) is 33.7 Å². The number of aromatic nitrogens is 3. The molecular formula is C8H17N5. The highest BCUT2D eigenvalue weighted by atomic mass is 15.4. The van der Waals surface area contributed by atoms with Crippen LogP contribution in [0.15, 0.2) is 0 Å². The van der Waals surface area contributed by atoms with E-state index in [1.165, 1.54) is 0 Å². The van der Waals surface area contributed by atoms with Crippen molar-refractivity contribution in [2.75, 3.05) is 11.1 Å². The lowest BCUT2D eigenvalue weighted by Crippen LogP contribution is -2.11. The van der Waals surface area contributed by atoms with Gasteiger partial charge < -0.3 is 11.1 Å². The van der Waals surface area contributed by atoms with Crippen LogP contribution in [0, 0.1) is 0 Å². The second-order valence-electron chi connectivity index (χ2n) is 3.63. The van der Waals surface area contributed by atoms with E-state index in [0.717, 1.165) is 0 Å². The van der Waals surface area contributed by atoms with Crippen molar-refractivity contribution in [3.05, 3.63) is 0 Å². The van der Waals surface area contributed by atoms with Crippen molar-refractivity contribution in [3.8, 4) is 0 Å². The van der Waals surface area contributed by atoms with Crippen molar-refractivity contribution >= 4 is 11.9 Å². The SMILES string of the molecule is CC(C)Nc1nc(N)n(C(C)C)n1. The van der Waals surface area contributed by atoms with Crippen molar-refractivity contribution in [2.45, 2.75) is 39.8 Å². The maximum atomic E-state index is 5.67. The molecule has 0 aliphatic rings. The molecule has 0 saturated heterocycles. The molecule has 74 valence electrons. The van der Waals surface area contributed by atoms with Gasteiger partial charge in [0.1, 0.15) is 0 Å². The molecule has 1 heterocycles. The van der Waals surface area contributed by atoms with Crippen LogP contribution in [0.2, 0.25) is 0 Å². The van der Waals surface area contributed by atoms with Gasteiger partial charge >= 0.3 is 0 Å². The zero-order chi connectivity index (χ0) is 10.0. The molecule has 0 saturated carbocycles. The van der Waals surface area contributed by atoms with E-state index in [1.54, 1.807) is 4.68 Å². The maximum absolute atomic E-state index is 5.67. The van der Waals surface area contributed by atoms with Gasteiger partial charge in [-0.05, 0) is 27.7 Å². The van der Waals surface area contributed by atoms with Crippen LogP contribution >= 0.6 is 0 Å². The van der Waals surface area contributed by atoms with E-state index in [2.05, 4.69) is 15.4 Å². The summed E-state index contributed by atoms with van der Waals surface area (Å²) in [5.74, 6) is 1.05. The number of anilines is 2. The average molecular weight is 183 g/mol. The van der Waals surface area contributed by atoms with Crippen molar-refractivity contribution in [1.29, 1.82) is 0 Å². The van der Waals surface area contributed by atoms with Gasteiger partial charge in [0.05, 0.1) is 6.04 Å². The summed E-state index contributed by atoms with van der Waals surface area (Å²) in [5, 5.41) is 7.32. The van der Waals surface area contributed by atoms with Crippen molar-refractivity contribution in [1.82, 2.24) is 14.8 Å². The van der Waals surface area contributed by atoms with Gasteiger partial charge in [-0.1, -0.05) is 0 Å². The van der Waals surface area contributed by atoms with Crippen LogP contribution in [0.5, 0.6) is 0 Å². The van der Waals surface area contributed by atoms with Gasteiger partial charge in [-0.2, -0.15) is 4.98 Å². The molecule has 0 amide bonds. The molecular weight excluding hydrogens is 166 g/mol. The third kappa shape index (κ3) is 2.34. The van der Waals surface area contributed by atoms with Crippen LogP contribution < -0.4 is 11.1 Å². The lowest BCUT2D eigenvalue weighted by atomic mass is 10.4. The number of rotatable bonds is 3. The van der Waals surface area contributed by atoms with Gasteiger partial charge in [-0.25, -0.2) is 4.68 Å². The topological polar surface area (TPSA) is 68.8 Å². The Morgan fingerprint density at radius 3 is 2.31 bits per heavy atom. The highest BCUT2D eigenvalue weighted by molar-refractivity contribution is 5.32. The first-order chi connectivity index (χ1) is 6.00. The monoisotopic (exact) mass is 183 g/mol. The van der Waals surface area contributed by atoms with E-state index in [4.69, 9.17) is 5.73 Å². The van der Waals surface area contributed by atoms with Crippen LogP contribution in [-0.2, 0) is 0 Å². The summed E-state index contributed by atoms with van der Waals surface area (Å²) in [7, 11) is 0. The molecule has 0 unspecified atom stereocenters. The first kappa shape index (κ1) is 9.83. The van der Waals surface area contributed by atoms with E-state index in [9.17, 15) is 0 Å². The zero-order valence-electron chi connectivity index (χ0n) is 8.57. The minimum absolute atomic E-state index is 0.246. The highest BCUT2D eigenvalue weighted by Crippen LogP contribution is 2.11. The highest BCUT2D eigenvalue weighted by Gasteiger charge is 2.09. The number of hydrogen-bond acceptors (Lipinski definition) is 4. The third-order valence-electron chi connectivity index (χ3n) is 1.56. The molecule has 0 radical (unpaired) electrons. The van der Waals surface area contributed by atoms with Crippen molar-refractivity contribution < 1.29 is 0 Å². The van der Waals surface area contributed by atoms with E-state index in [-0.39, 0.29) is 6.04 Å². The summed E-state index contributed by atoms with van der Waals surface area (Å²) in [4.78, 5) is 4.09. The molecule has 0 aromatic carbocycles. The van der Waals surface area contributed by atoms with Crippen molar-refractivity contribution in [3.63, 3.8) is 0 Å². The van der Waals surface area contributed by atoms with E-state index in [1.807, 2.05) is 27.7 Å². The Hall–Kier alpha value is -1.26. The minimum atomic E-state index is 0.246. The molecule has 5 nitrogen and oxygen atoms in total. The molecule has 0 atom stereocenters. The molecule has 1 aromatic heterocycles. The molecule has 3 N–H and O–H groups in total. The fourth-order valence-corrected chi connectivity index (χ4v) is 1.03. The first-order valence-corrected chi connectivity index (χ1v) is 4.49. The first-order valence-electron chi connectivity index (χ1n) is 4.49. The average Bonchev–Trinajstić information content (AvgIpc) is 2.29. The summed E-state index contributed by atoms with van der Waals surface area (Å²) in [6.45, 7) is 8.10. The Morgan fingerprint density at radius 1 is 1.31 bits per heavy atom. The summed E-state index contributed by atoms with van der Waals surface area (Å²) >= 11 is 0. The summed E-state index contributed by atoms with van der Waals surface area (Å²) < 4.78 is 1.70. The Balaban J connectivity index is 2.82. The molecule has 1 aromatic rings. The summed E-state index contributed by atoms with van der Waals surface area (Å²) in [6.07, 6.45) is 0. The standard InChI is InChI=1S/C8H17N5/c1-5(2)10-8-11-7(9)13(12-8)6(3)4/h5-6H,1-4H3,(H3,9,10,11,12). The zero-order valence-corrected chi connectivity index (χ0v) is 8.57. The lowest BCUT2D eigenvalue weighted by molar-refractivity contribution is 0.540. The lowest BCUT2D eigenvalue weighted by Gasteiger charge is -2.05. The number of nitrogens with zero attached hydrogens (tertiary/aromatic N) is 3. The van der Waals surface area contributed by atoms with Crippen LogP contribution in [0.4, 0.5) is 11.9 Å². The molecule has 1 rings (SSSR count). The van der Waals surface area contributed by atoms with Crippen LogP contribution in [-0.4, -0.2) is 20.8 Å². The Morgan fingerprint density at radius 2 is 1.92 bits per heavy atom. The Labute approximate surface area is 78.3 Å². The van der Waals surface area contributed by atoms with E-state index >= 15 is 0 Å². The minimum Gasteiger partial charge on any atom is -0.368 e. The second kappa shape index (κ2) is 3.64. The number of nitrogen functional groups attached to an aromatic ring is 1. The molecule has 13 heavy (non-hydrogen) atoms. The van der Waals surface area contributed by atoms with Gasteiger partial charge in [0, 0.05) is 6.04 Å². The van der Waals surface area contributed by atoms with Crippen LogP contribution in [0.25, 0.3) is 0 Å². The molecule has 0 aliphatic heterocycles. The molecule has 0 bridgehead atoms. The predicted molar refractivity (Wildman–Crippen MR) is 53.6 cm³/mol. The van der Waals surface area contributed by atoms with Gasteiger partial charge in [-0.15, -0.1) is 5.10 Å². The molecule has 5 heteroatoms. The summed E-state index contributed by atoms with van der Waals surface area (Å²) in [6, 6.07) is 0.567. The number of nitrogens with one attached hydrogen (secondary N) is 1. The maximum Gasteiger partial charge on any atom is 0.244 e. The fraction of sp³-hybridized carbons (Fsp3) is 0.750. The molecule has 0 spiro atoms. The number of nitrogens with two attached hydrogens (primary N) is 1. The predicted octanol–water partition coefficient (Wildman–Crippen LogP) is 1.26. The molecule has 0 aliphatic carbocycles. The van der Waals surface area contributed by atoms with E-state index in [0.29, 0.717) is 17.9 Å². The van der Waals surface area contributed by atoms with Gasteiger partial charge in [0.2, 0.25) is 11.9 Å². The normalized spacial score (nSPS) is 11.2. The summed E-state index contributed by atoms with van der Waals surface area (Å²) in [5.41, 5.74) is 5.67. The Kier molecular flexibility index (Phi) is 2.75. The quantitative estimate of drug-likeness (QED) is 0.740. The largest absolute Gasteiger partial charge is 0.368 e. The smallest absolute Gasteiger partial charge is 0.244 e. The fourth-order valence-electron chi connectivity index (χ4n) is 1.03. The Bertz CT molecular complexity index is 276. The van der Waals surface area contributed by atoms with E-state index < -0.39 is 0 Å². The van der Waals surface area contributed by atoms with Crippen molar-refractivity contribution in [2.24, 2.45) is 0 Å². The van der Waals surface area contributed by atoms with Crippen LogP contribution in [0.3, 0.4) is 0 Å². The number of hydrogen-bond donors (Lipinski definition) is 2. The van der Waals surface area contributed by atoms with Gasteiger partial charge in [0.15, 0.2) is 0 Å². The molecule has 0 fully saturated rings. The van der Waals surface area contributed by atoms with Gasteiger partial charge in [0.25, 0.3) is 0 Å². The third-order valence-corrected chi connectivity index (χ3v) is 1.56. The van der Waals surface area contributed by atoms with Gasteiger partial charge in [-0.3, -0.25) is 0 Å². The second-order valence-corrected chi connectivity index (χ2v) is 3.63.